The lowest BCUT2D eigenvalue weighted by atomic mass is 9.88. The molecule has 6 nitrogen and oxygen atoms in total. The van der Waals surface area contributed by atoms with Crippen LogP contribution in [-0.2, 0) is 29.0 Å². The molecule has 27 heavy (non-hydrogen) atoms. The fourth-order valence-corrected chi connectivity index (χ4v) is 5.18. The van der Waals surface area contributed by atoms with E-state index in [4.69, 9.17) is 4.42 Å². The highest BCUT2D eigenvalue weighted by molar-refractivity contribution is 7.15. The number of thiazole rings is 1. The molecule has 1 aliphatic carbocycles. The first-order valence-electron chi connectivity index (χ1n) is 9.72. The van der Waals surface area contributed by atoms with Crippen molar-refractivity contribution in [1.29, 1.82) is 0 Å². The topological polar surface area (TPSA) is 75.4 Å². The van der Waals surface area contributed by atoms with Crippen molar-refractivity contribution in [3.05, 3.63) is 34.7 Å². The van der Waals surface area contributed by atoms with Crippen molar-refractivity contribution in [2.75, 3.05) is 11.9 Å². The first kappa shape index (κ1) is 18.2. The summed E-state index contributed by atoms with van der Waals surface area (Å²) in [7, 11) is 0. The van der Waals surface area contributed by atoms with Crippen LogP contribution in [-0.4, -0.2) is 28.2 Å². The summed E-state index contributed by atoms with van der Waals surface area (Å²) in [5.74, 6) is 1.03. The summed E-state index contributed by atoms with van der Waals surface area (Å²) in [5.41, 5.74) is 1.14. The van der Waals surface area contributed by atoms with Crippen molar-refractivity contribution in [3.8, 4) is 0 Å². The number of nitrogens with zero attached hydrogens (tertiary/aromatic N) is 2. The van der Waals surface area contributed by atoms with E-state index in [0.717, 1.165) is 30.2 Å². The molecule has 7 heteroatoms. The number of carbonyl (C=O) groups excluding carboxylic acids is 2. The van der Waals surface area contributed by atoms with Gasteiger partial charge in [0, 0.05) is 17.8 Å². The molecule has 2 amide bonds. The fourth-order valence-electron chi connectivity index (χ4n) is 4.05. The summed E-state index contributed by atoms with van der Waals surface area (Å²) in [6.45, 7) is 3.07. The number of nitrogens with one attached hydrogen (secondary N) is 1. The van der Waals surface area contributed by atoms with Gasteiger partial charge in [-0.2, -0.15) is 0 Å². The molecular formula is C20H25N3O3S. The molecule has 2 aromatic heterocycles. The van der Waals surface area contributed by atoms with Gasteiger partial charge in [0.1, 0.15) is 5.76 Å². The minimum Gasteiger partial charge on any atom is -0.467 e. The Morgan fingerprint density at radius 3 is 3.11 bits per heavy atom. The standard InChI is InChI=1S/C20H25N3O3S/c1-2-4-13-6-7-16-17(9-13)27-20(21-16)22-19(25)14-10-18(24)23(11-14)12-15-5-3-8-26-15/h3,5,8,13-14H,2,4,6-7,9-12H2,1H3,(H,21,22,25). The van der Waals surface area contributed by atoms with E-state index in [1.54, 1.807) is 28.6 Å². The highest BCUT2D eigenvalue weighted by atomic mass is 32.1. The van der Waals surface area contributed by atoms with Crippen molar-refractivity contribution in [1.82, 2.24) is 9.88 Å². The zero-order chi connectivity index (χ0) is 18.8. The Labute approximate surface area is 163 Å². The van der Waals surface area contributed by atoms with Gasteiger partial charge in [-0.1, -0.05) is 19.8 Å². The smallest absolute Gasteiger partial charge is 0.231 e. The lowest BCUT2D eigenvalue weighted by molar-refractivity contribution is -0.128. The normalized spacial score (nSPS) is 22.1. The van der Waals surface area contributed by atoms with Crippen molar-refractivity contribution < 1.29 is 14.0 Å². The zero-order valence-electron chi connectivity index (χ0n) is 15.6. The van der Waals surface area contributed by atoms with Crippen molar-refractivity contribution in [2.24, 2.45) is 11.8 Å². The molecule has 2 aliphatic rings. The molecule has 144 valence electrons. The molecule has 2 atom stereocenters. The van der Waals surface area contributed by atoms with Crippen LogP contribution in [0.3, 0.4) is 0 Å². The van der Waals surface area contributed by atoms with E-state index in [1.165, 1.54) is 24.1 Å². The van der Waals surface area contributed by atoms with E-state index in [2.05, 4.69) is 17.2 Å². The third-order valence-electron chi connectivity index (χ3n) is 5.48. The van der Waals surface area contributed by atoms with Crippen LogP contribution >= 0.6 is 11.3 Å². The first-order valence-corrected chi connectivity index (χ1v) is 10.5. The lowest BCUT2D eigenvalue weighted by Crippen LogP contribution is -2.27. The van der Waals surface area contributed by atoms with Crippen molar-refractivity contribution >= 4 is 28.3 Å². The van der Waals surface area contributed by atoms with Gasteiger partial charge in [-0.15, -0.1) is 11.3 Å². The highest BCUT2D eigenvalue weighted by Gasteiger charge is 2.35. The first-order chi connectivity index (χ1) is 13.1. The molecule has 1 saturated heterocycles. The second-order valence-corrected chi connectivity index (χ2v) is 8.61. The average Bonchev–Trinajstić information content (AvgIpc) is 3.36. The van der Waals surface area contributed by atoms with Crippen LogP contribution in [0.25, 0.3) is 0 Å². The molecule has 1 N–H and O–H groups in total. The van der Waals surface area contributed by atoms with Crippen molar-refractivity contribution in [3.63, 3.8) is 0 Å². The number of likely N-dealkylation sites (tertiary alicyclic amines) is 1. The summed E-state index contributed by atoms with van der Waals surface area (Å²) >= 11 is 1.60. The Hall–Kier alpha value is -2.15. The van der Waals surface area contributed by atoms with Gasteiger partial charge in [0.25, 0.3) is 0 Å². The van der Waals surface area contributed by atoms with Crippen molar-refractivity contribution in [2.45, 2.75) is 52.0 Å². The van der Waals surface area contributed by atoms with E-state index < -0.39 is 0 Å². The Balaban J connectivity index is 1.35. The van der Waals surface area contributed by atoms with Gasteiger partial charge < -0.3 is 14.6 Å². The predicted octanol–water partition coefficient (Wildman–Crippen LogP) is 3.63. The third-order valence-corrected chi connectivity index (χ3v) is 6.52. The Morgan fingerprint density at radius 1 is 1.44 bits per heavy atom. The molecule has 0 bridgehead atoms. The highest BCUT2D eigenvalue weighted by Crippen LogP contribution is 2.34. The SMILES string of the molecule is CCCC1CCc2nc(NC(=O)C3CC(=O)N(Cc4ccco4)C3)sc2C1. The van der Waals surface area contributed by atoms with Crippen LogP contribution in [0, 0.1) is 11.8 Å². The van der Waals surface area contributed by atoms with Crippen LogP contribution in [0.2, 0.25) is 0 Å². The third kappa shape index (κ3) is 4.08. The number of furan rings is 1. The summed E-state index contributed by atoms with van der Waals surface area (Å²) < 4.78 is 5.30. The predicted molar refractivity (Wildman–Crippen MR) is 103 cm³/mol. The van der Waals surface area contributed by atoms with E-state index in [0.29, 0.717) is 18.2 Å². The second-order valence-electron chi connectivity index (χ2n) is 7.53. The largest absolute Gasteiger partial charge is 0.467 e. The lowest BCUT2D eigenvalue weighted by Gasteiger charge is -2.19. The second kappa shape index (κ2) is 7.84. The molecule has 0 radical (unpaired) electrons. The van der Waals surface area contributed by atoms with Gasteiger partial charge in [0.05, 0.1) is 24.4 Å². The molecule has 3 heterocycles. The van der Waals surface area contributed by atoms with E-state index in [9.17, 15) is 9.59 Å². The molecule has 2 aromatic rings. The summed E-state index contributed by atoms with van der Waals surface area (Å²) in [5, 5.41) is 3.63. The Bertz CT molecular complexity index is 815. The molecule has 2 unspecified atom stereocenters. The van der Waals surface area contributed by atoms with E-state index in [-0.39, 0.29) is 24.2 Å². The number of hydrogen-bond donors (Lipinski definition) is 1. The zero-order valence-corrected chi connectivity index (χ0v) is 16.4. The molecule has 1 fully saturated rings. The number of anilines is 1. The van der Waals surface area contributed by atoms with Gasteiger partial charge in [-0.25, -0.2) is 4.98 Å². The van der Waals surface area contributed by atoms with Crippen LogP contribution in [0.1, 0.15) is 48.9 Å². The monoisotopic (exact) mass is 387 g/mol. The quantitative estimate of drug-likeness (QED) is 0.821. The maximum atomic E-state index is 12.6. The van der Waals surface area contributed by atoms with Gasteiger partial charge >= 0.3 is 0 Å². The Kier molecular flexibility index (Phi) is 5.29. The van der Waals surface area contributed by atoms with Gasteiger partial charge in [0.2, 0.25) is 11.8 Å². The average molecular weight is 388 g/mol. The number of amides is 2. The number of rotatable bonds is 6. The van der Waals surface area contributed by atoms with Crippen LogP contribution in [0.5, 0.6) is 0 Å². The number of carbonyl (C=O) groups is 2. The van der Waals surface area contributed by atoms with E-state index in [1.807, 2.05) is 6.07 Å². The summed E-state index contributed by atoms with van der Waals surface area (Å²) in [6.07, 6.45) is 7.59. The van der Waals surface area contributed by atoms with Gasteiger partial charge in [-0.05, 0) is 37.3 Å². The minimum absolute atomic E-state index is 0.00705. The number of aryl methyl sites for hydroxylation is 1. The number of aromatic nitrogens is 1. The molecule has 4 rings (SSSR count). The number of fused-ring (bicyclic) bond motifs is 1. The molecular weight excluding hydrogens is 362 g/mol. The van der Waals surface area contributed by atoms with Crippen LogP contribution in [0.4, 0.5) is 5.13 Å². The van der Waals surface area contributed by atoms with Gasteiger partial charge in [0.15, 0.2) is 5.13 Å². The molecule has 0 aromatic carbocycles. The van der Waals surface area contributed by atoms with Crippen LogP contribution < -0.4 is 5.32 Å². The molecule has 0 spiro atoms. The fraction of sp³-hybridized carbons (Fsp3) is 0.550. The maximum Gasteiger partial charge on any atom is 0.231 e. The summed E-state index contributed by atoms with van der Waals surface area (Å²) in [4.78, 5) is 32.5. The van der Waals surface area contributed by atoms with E-state index >= 15 is 0 Å². The molecule has 1 aliphatic heterocycles. The minimum atomic E-state index is -0.332. The summed E-state index contributed by atoms with van der Waals surface area (Å²) in [6, 6.07) is 3.64. The number of hydrogen-bond acceptors (Lipinski definition) is 5. The maximum absolute atomic E-state index is 12.6. The molecule has 0 saturated carbocycles. The van der Waals surface area contributed by atoms with Crippen LogP contribution in [0.15, 0.2) is 22.8 Å². The Morgan fingerprint density at radius 2 is 2.33 bits per heavy atom. The van der Waals surface area contributed by atoms with Gasteiger partial charge in [-0.3, -0.25) is 9.59 Å².